The number of imidazole rings is 1. The van der Waals surface area contributed by atoms with Crippen molar-refractivity contribution in [2.45, 2.75) is 51.6 Å². The molecule has 2 amide bonds. The van der Waals surface area contributed by atoms with Gasteiger partial charge in [0.05, 0.1) is 31.2 Å². The summed E-state index contributed by atoms with van der Waals surface area (Å²) in [4.78, 5) is 28.6. The van der Waals surface area contributed by atoms with E-state index in [9.17, 15) is 27.2 Å². The first-order valence-electron chi connectivity index (χ1n) is 12.2. The van der Waals surface area contributed by atoms with Crippen LogP contribution in [0.1, 0.15) is 40.1 Å². The fourth-order valence-corrected chi connectivity index (χ4v) is 4.35. The number of benzene rings is 1. The molecule has 0 aliphatic heterocycles. The van der Waals surface area contributed by atoms with Gasteiger partial charge >= 0.3 is 6.11 Å². The van der Waals surface area contributed by atoms with E-state index in [0.29, 0.717) is 22.8 Å². The maximum atomic E-state index is 14.6. The van der Waals surface area contributed by atoms with Crippen LogP contribution in [0.2, 0.25) is 0 Å². The molecule has 4 rings (SSSR count). The van der Waals surface area contributed by atoms with Gasteiger partial charge in [0.2, 0.25) is 11.0 Å². The summed E-state index contributed by atoms with van der Waals surface area (Å²) in [7, 11) is 1.80. The van der Waals surface area contributed by atoms with Crippen molar-refractivity contribution >= 4 is 28.3 Å². The normalized spacial score (nSPS) is 12.2. The van der Waals surface area contributed by atoms with Gasteiger partial charge in [0.15, 0.2) is 5.69 Å². The molecule has 0 aliphatic rings. The molecule has 0 fully saturated rings. The first-order valence-corrected chi connectivity index (χ1v) is 13.0. The summed E-state index contributed by atoms with van der Waals surface area (Å²) < 4.78 is 62.0. The number of nitrogens with zero attached hydrogens (tertiary/aromatic N) is 7. The van der Waals surface area contributed by atoms with Crippen LogP contribution < -0.4 is 15.4 Å². The zero-order valence-electron chi connectivity index (χ0n) is 21.9. The molecule has 0 bridgehead atoms. The Labute approximate surface area is 234 Å². The summed E-state index contributed by atoms with van der Waals surface area (Å²) in [5, 5.41) is 21.2. The molecule has 1 unspecified atom stereocenters. The molecule has 0 aliphatic carbocycles. The van der Waals surface area contributed by atoms with Crippen LogP contribution in [0.15, 0.2) is 36.9 Å². The third kappa shape index (κ3) is 9.06. The highest BCUT2D eigenvalue weighted by atomic mass is 32.1. The predicted octanol–water partition coefficient (Wildman–Crippen LogP) is 3.08. The van der Waals surface area contributed by atoms with Gasteiger partial charge in [-0.25, -0.2) is 18.4 Å². The number of alkyl halides is 3. The molecular formula is C24H25F4N9O3S. The van der Waals surface area contributed by atoms with Crippen molar-refractivity contribution < 1.29 is 31.9 Å². The Morgan fingerprint density at radius 3 is 2.73 bits per heavy atom. The van der Waals surface area contributed by atoms with Gasteiger partial charge in [0, 0.05) is 38.7 Å². The fourth-order valence-electron chi connectivity index (χ4n) is 3.58. The van der Waals surface area contributed by atoms with Crippen LogP contribution in [0.3, 0.4) is 0 Å². The van der Waals surface area contributed by atoms with Crippen molar-refractivity contribution in [1.82, 2.24) is 40.1 Å². The van der Waals surface area contributed by atoms with E-state index < -0.39 is 24.0 Å². The van der Waals surface area contributed by atoms with Gasteiger partial charge in [-0.15, -0.1) is 15.3 Å². The highest BCUT2D eigenvalue weighted by Gasteiger charge is 2.24. The van der Waals surface area contributed by atoms with Gasteiger partial charge in [0.1, 0.15) is 22.7 Å². The van der Waals surface area contributed by atoms with Crippen molar-refractivity contribution in [2.24, 2.45) is 7.05 Å². The predicted molar refractivity (Wildman–Crippen MR) is 138 cm³/mol. The fraction of sp³-hybridized carbons (Fsp3) is 0.375. The smallest absolute Gasteiger partial charge is 0.394 e. The number of amides is 2. The molecule has 1 atom stereocenters. The Kier molecular flexibility index (Phi) is 9.26. The molecule has 41 heavy (non-hydrogen) atoms. The van der Waals surface area contributed by atoms with Crippen LogP contribution in [0, 0.1) is 5.82 Å². The van der Waals surface area contributed by atoms with E-state index in [-0.39, 0.29) is 55.3 Å². The lowest BCUT2D eigenvalue weighted by Gasteiger charge is -2.14. The standard InChI is InChI=1S/C24H25F4N9O3S/c1-24(27,28)40-17-4-5-18(26)14(7-17)9-29-22(39)19-12-37(35-32-19)10-15(25)3-6-21-33-34-23(41-21)31-20(38)8-16-11-36(2)13-30-16/h4-5,7,11-13,15H,3,6,8-10H2,1-2H3,(H,29,39)(H,31,34,38). The second-order valence-corrected chi connectivity index (χ2v) is 10.1. The van der Waals surface area contributed by atoms with Crippen molar-refractivity contribution in [3.05, 3.63) is 64.7 Å². The average Bonchev–Trinajstić information content (AvgIpc) is 3.64. The first kappa shape index (κ1) is 29.6. The number of ether oxygens (including phenoxy) is 1. The zero-order valence-corrected chi connectivity index (χ0v) is 22.7. The quantitative estimate of drug-likeness (QED) is 0.225. The maximum absolute atomic E-state index is 14.6. The lowest BCUT2D eigenvalue weighted by molar-refractivity contribution is -0.159. The van der Waals surface area contributed by atoms with Crippen molar-refractivity contribution in [2.75, 3.05) is 5.32 Å². The number of hydrogen-bond acceptors (Lipinski definition) is 9. The number of halogens is 4. The monoisotopic (exact) mass is 595 g/mol. The number of nitrogens with one attached hydrogen (secondary N) is 2. The minimum absolute atomic E-state index is 0.0758. The highest BCUT2D eigenvalue weighted by Crippen LogP contribution is 2.23. The average molecular weight is 596 g/mol. The Hall–Kier alpha value is -4.41. The summed E-state index contributed by atoms with van der Waals surface area (Å²) >= 11 is 1.14. The van der Waals surface area contributed by atoms with Crippen LogP contribution in [0.4, 0.5) is 22.7 Å². The second kappa shape index (κ2) is 12.8. The largest absolute Gasteiger partial charge is 0.433 e. The van der Waals surface area contributed by atoms with Crippen LogP contribution in [-0.2, 0) is 37.8 Å². The molecule has 3 aromatic heterocycles. The molecule has 17 heteroatoms. The van der Waals surface area contributed by atoms with Gasteiger partial charge in [0.25, 0.3) is 5.91 Å². The molecule has 12 nitrogen and oxygen atoms in total. The highest BCUT2D eigenvalue weighted by molar-refractivity contribution is 7.15. The number of carbonyl (C=O) groups excluding carboxylic acids is 2. The maximum Gasteiger partial charge on any atom is 0.394 e. The zero-order chi connectivity index (χ0) is 29.6. The van der Waals surface area contributed by atoms with Gasteiger partial charge in [-0.3, -0.25) is 9.59 Å². The second-order valence-electron chi connectivity index (χ2n) is 9.06. The number of rotatable bonds is 13. The summed E-state index contributed by atoms with van der Waals surface area (Å²) in [6.45, 7) is 0.0263. The minimum atomic E-state index is -3.45. The molecule has 0 radical (unpaired) electrons. The summed E-state index contributed by atoms with van der Waals surface area (Å²) in [6.07, 6.45) is 0.165. The SMILES string of the molecule is Cn1cnc(CC(=O)Nc2nnc(CCC(F)Cn3cc(C(=O)NCc4cc(OC(C)(F)F)ccc4F)nn3)s2)c1. The Morgan fingerprint density at radius 1 is 1.20 bits per heavy atom. The van der Waals surface area contributed by atoms with Crippen molar-refractivity contribution in [3.63, 3.8) is 0 Å². The van der Waals surface area contributed by atoms with Gasteiger partial charge in [-0.1, -0.05) is 16.6 Å². The molecule has 1 aromatic carbocycles. The minimum Gasteiger partial charge on any atom is -0.433 e. The van der Waals surface area contributed by atoms with E-state index in [2.05, 4.69) is 40.9 Å². The van der Waals surface area contributed by atoms with E-state index >= 15 is 0 Å². The number of hydrogen-bond donors (Lipinski definition) is 2. The summed E-state index contributed by atoms with van der Waals surface area (Å²) in [6, 6.07) is 3.04. The Bertz CT molecular complexity index is 1500. The molecule has 3 heterocycles. The number of anilines is 1. The van der Waals surface area contributed by atoms with Gasteiger partial charge in [-0.2, -0.15) is 8.78 Å². The first-order chi connectivity index (χ1) is 19.4. The van der Waals surface area contributed by atoms with Crippen LogP contribution in [0.25, 0.3) is 0 Å². The van der Waals surface area contributed by atoms with E-state index in [0.717, 1.165) is 34.2 Å². The molecule has 2 N–H and O–H groups in total. The lowest BCUT2D eigenvalue weighted by Crippen LogP contribution is -2.24. The molecular weight excluding hydrogens is 570 g/mol. The molecule has 0 spiro atoms. The number of aromatic nitrogens is 7. The van der Waals surface area contributed by atoms with Crippen LogP contribution >= 0.6 is 11.3 Å². The third-order valence-corrected chi connectivity index (χ3v) is 6.29. The molecule has 0 saturated carbocycles. The Balaban J connectivity index is 1.21. The number of carbonyl (C=O) groups is 2. The lowest BCUT2D eigenvalue weighted by atomic mass is 10.2. The van der Waals surface area contributed by atoms with Crippen molar-refractivity contribution in [1.29, 1.82) is 0 Å². The van der Waals surface area contributed by atoms with E-state index in [4.69, 9.17) is 0 Å². The number of aryl methyl sites for hydroxylation is 2. The third-order valence-electron chi connectivity index (χ3n) is 5.39. The van der Waals surface area contributed by atoms with E-state index in [1.807, 2.05) is 0 Å². The van der Waals surface area contributed by atoms with E-state index in [1.165, 1.54) is 6.20 Å². The molecule has 0 saturated heterocycles. The summed E-state index contributed by atoms with van der Waals surface area (Å²) in [5.74, 6) is -2.01. The van der Waals surface area contributed by atoms with E-state index in [1.54, 1.807) is 24.1 Å². The van der Waals surface area contributed by atoms with Crippen LogP contribution in [0.5, 0.6) is 5.75 Å². The van der Waals surface area contributed by atoms with Gasteiger partial charge < -0.3 is 19.9 Å². The molecule has 4 aromatic rings. The van der Waals surface area contributed by atoms with Crippen molar-refractivity contribution in [3.8, 4) is 5.75 Å². The molecule has 218 valence electrons. The van der Waals surface area contributed by atoms with Gasteiger partial charge in [-0.05, 0) is 24.6 Å². The topological polar surface area (TPSA) is 142 Å². The van der Waals surface area contributed by atoms with Crippen LogP contribution in [-0.4, -0.2) is 58.8 Å². The summed E-state index contributed by atoms with van der Waals surface area (Å²) in [5.41, 5.74) is 0.392. The Morgan fingerprint density at radius 2 is 2.00 bits per heavy atom.